The molecule has 4 N–H and O–H groups in total. The second kappa shape index (κ2) is 14.6. The second-order valence-electron chi connectivity index (χ2n) is 11.2. The van der Waals surface area contributed by atoms with Crippen LogP contribution >= 0.6 is 23.2 Å². The molecule has 3 aromatic carbocycles. The van der Waals surface area contributed by atoms with Gasteiger partial charge in [0.2, 0.25) is 5.88 Å². The van der Waals surface area contributed by atoms with Crippen LogP contribution in [0.3, 0.4) is 0 Å². The van der Waals surface area contributed by atoms with Crippen LogP contribution in [0.1, 0.15) is 46.4 Å². The number of nitrogens with one attached hydrogen (secondary N) is 3. The number of aromatic nitrogens is 2. The van der Waals surface area contributed by atoms with Crippen LogP contribution in [0.2, 0.25) is 10.3 Å². The Kier molecular flexibility index (Phi) is 9.88. The molecule has 1 fully saturated rings. The second-order valence-corrected chi connectivity index (χ2v) is 11.9. The molecule has 2 aromatic heterocycles. The number of benzene rings is 3. The van der Waals surface area contributed by atoms with Crippen molar-refractivity contribution < 1.29 is 29.0 Å². The van der Waals surface area contributed by atoms with E-state index in [1.165, 1.54) is 30.5 Å². The van der Waals surface area contributed by atoms with E-state index in [9.17, 15) is 19.5 Å². The van der Waals surface area contributed by atoms with Gasteiger partial charge < -0.3 is 30.5 Å². The van der Waals surface area contributed by atoms with Gasteiger partial charge in [-0.05, 0) is 91.1 Å². The predicted octanol–water partition coefficient (Wildman–Crippen LogP) is 8.19. The van der Waals surface area contributed by atoms with Gasteiger partial charge in [-0.15, -0.1) is 0 Å². The molecule has 0 bridgehead atoms. The zero-order chi connectivity index (χ0) is 33.6. The molecule has 5 aromatic rings. The molecule has 11 nitrogen and oxygen atoms in total. The number of hydrogen-bond donors (Lipinski definition) is 4. The van der Waals surface area contributed by atoms with Gasteiger partial charge in [-0.1, -0.05) is 47.5 Å². The van der Waals surface area contributed by atoms with Crippen LogP contribution < -0.4 is 25.4 Å². The Morgan fingerprint density at radius 3 is 2.17 bits per heavy atom. The Bertz CT molecular complexity index is 1960. The maximum atomic E-state index is 12.7. The lowest BCUT2D eigenvalue weighted by Gasteiger charge is -2.29. The lowest BCUT2D eigenvalue weighted by molar-refractivity contribution is 0.0698. The van der Waals surface area contributed by atoms with E-state index in [4.69, 9.17) is 32.7 Å². The van der Waals surface area contributed by atoms with E-state index >= 15 is 0 Å². The lowest BCUT2D eigenvalue weighted by atomic mass is 9.93. The van der Waals surface area contributed by atoms with Crippen LogP contribution in [-0.4, -0.2) is 45.1 Å². The number of ether oxygens (including phenoxy) is 2. The molecule has 48 heavy (non-hydrogen) atoms. The van der Waals surface area contributed by atoms with Crippen molar-refractivity contribution in [1.29, 1.82) is 0 Å². The number of carbonyl (C=O) groups excluding carboxylic acids is 2. The summed E-state index contributed by atoms with van der Waals surface area (Å²) in [4.78, 5) is 44.6. The summed E-state index contributed by atoms with van der Waals surface area (Å²) in [7, 11) is 0. The van der Waals surface area contributed by atoms with Crippen molar-refractivity contribution in [3.63, 3.8) is 0 Å². The van der Waals surface area contributed by atoms with Crippen molar-refractivity contribution in [2.75, 3.05) is 10.6 Å². The summed E-state index contributed by atoms with van der Waals surface area (Å²) >= 11 is 11.8. The van der Waals surface area contributed by atoms with Crippen LogP contribution in [0.5, 0.6) is 17.4 Å². The average Bonchev–Trinajstić information content (AvgIpc) is 3.05. The molecule has 0 spiro atoms. The molecule has 13 heteroatoms. The van der Waals surface area contributed by atoms with Gasteiger partial charge in [0.1, 0.15) is 21.8 Å². The topological polar surface area (TPSA) is 152 Å². The molecule has 0 radical (unpaired) electrons. The molecule has 1 saturated carbocycles. The fourth-order valence-electron chi connectivity index (χ4n) is 5.41. The van der Waals surface area contributed by atoms with Crippen molar-refractivity contribution in [3.05, 3.63) is 113 Å². The highest BCUT2D eigenvalue weighted by Gasteiger charge is 2.24. The van der Waals surface area contributed by atoms with Crippen molar-refractivity contribution in [1.82, 2.24) is 15.3 Å². The summed E-state index contributed by atoms with van der Waals surface area (Å²) in [6.45, 7) is 0. The van der Waals surface area contributed by atoms with Gasteiger partial charge in [-0.25, -0.2) is 19.6 Å². The van der Waals surface area contributed by atoms with Crippen LogP contribution in [0.25, 0.3) is 10.8 Å². The number of carboxylic acids is 1. The number of halogens is 2. The van der Waals surface area contributed by atoms with Crippen molar-refractivity contribution in [3.8, 4) is 17.4 Å². The minimum absolute atomic E-state index is 0.00631. The third-order valence-corrected chi connectivity index (χ3v) is 8.13. The first kappa shape index (κ1) is 32.5. The number of urea groups is 1. The van der Waals surface area contributed by atoms with Gasteiger partial charge in [0.25, 0.3) is 5.91 Å². The average molecular weight is 687 g/mol. The summed E-state index contributed by atoms with van der Waals surface area (Å²) in [5.74, 6) is 0.00580. The number of pyridine rings is 2. The molecule has 1 aliphatic rings. The highest BCUT2D eigenvalue weighted by atomic mass is 35.5. The van der Waals surface area contributed by atoms with Crippen molar-refractivity contribution >= 4 is 63.3 Å². The smallest absolute Gasteiger partial charge is 0.337 e. The van der Waals surface area contributed by atoms with E-state index in [1.807, 2.05) is 36.4 Å². The highest BCUT2D eigenvalue weighted by Crippen LogP contribution is 2.30. The normalized spacial score (nSPS) is 15.7. The number of rotatable bonds is 9. The fourth-order valence-corrected chi connectivity index (χ4v) is 5.88. The lowest BCUT2D eigenvalue weighted by Crippen LogP contribution is -2.41. The largest absolute Gasteiger partial charge is 0.490 e. The Morgan fingerprint density at radius 2 is 1.48 bits per heavy atom. The van der Waals surface area contributed by atoms with E-state index in [0.29, 0.717) is 17.3 Å². The molecule has 0 atom stereocenters. The number of fused-ring (bicyclic) bond motifs is 1. The molecule has 6 rings (SSSR count). The van der Waals surface area contributed by atoms with E-state index in [1.54, 1.807) is 24.3 Å². The summed E-state index contributed by atoms with van der Waals surface area (Å²) < 4.78 is 12.2. The zero-order valence-corrected chi connectivity index (χ0v) is 26.8. The minimum Gasteiger partial charge on any atom is -0.490 e. The van der Waals surface area contributed by atoms with Crippen LogP contribution in [0.15, 0.2) is 91.1 Å². The summed E-state index contributed by atoms with van der Waals surface area (Å²) in [5, 5.41) is 20.0. The molecule has 244 valence electrons. The Balaban J connectivity index is 0.993. The Morgan fingerprint density at radius 1 is 0.792 bits per heavy atom. The number of carboxylic acid groups (broad SMARTS) is 1. The van der Waals surface area contributed by atoms with Gasteiger partial charge in [-0.3, -0.25) is 4.79 Å². The third-order valence-electron chi connectivity index (χ3n) is 7.74. The molecule has 0 saturated heterocycles. The van der Waals surface area contributed by atoms with Crippen molar-refractivity contribution in [2.24, 2.45) is 0 Å². The molecule has 0 aliphatic heterocycles. The Labute approximate surface area is 285 Å². The maximum Gasteiger partial charge on any atom is 0.337 e. The van der Waals surface area contributed by atoms with Crippen LogP contribution in [-0.2, 0) is 0 Å². The molecular weight excluding hydrogens is 657 g/mol. The Hall–Kier alpha value is -5.39. The van der Waals surface area contributed by atoms with Gasteiger partial charge in [-0.2, -0.15) is 0 Å². The number of anilines is 2. The summed E-state index contributed by atoms with van der Waals surface area (Å²) in [5.41, 5.74) is 0.914. The molecule has 3 amide bonds. The standard InChI is InChI=1S/C35H29Cl2N5O6/c36-30-17-24(18-31(37)42-30)40-35(46)39-23-8-12-25(13-9-23)47-26-10-5-21-16-27(11-6-20(21)15-26)48-32-14-7-22(19-38-32)33(43)41-29-4-2-1-3-28(29)34(44)45/h1-7,10-11,14-19,23,25H,8-9,12-13H2,(H,41,43)(H,44,45)(H2,39,40,42,46). The van der Waals surface area contributed by atoms with Gasteiger partial charge in [0.15, 0.2) is 0 Å². The first-order valence-corrected chi connectivity index (χ1v) is 15.8. The van der Waals surface area contributed by atoms with Gasteiger partial charge in [0.05, 0.1) is 22.9 Å². The number of nitrogens with zero attached hydrogens (tertiary/aromatic N) is 2. The van der Waals surface area contributed by atoms with E-state index < -0.39 is 11.9 Å². The molecule has 2 heterocycles. The SMILES string of the molecule is O=C(Nc1cc(Cl)nc(Cl)c1)NC1CCC(Oc2ccc3cc(Oc4ccc(C(=O)Nc5ccccc5C(=O)O)cn4)ccc3c2)CC1. The van der Waals surface area contributed by atoms with E-state index in [-0.39, 0.29) is 45.3 Å². The van der Waals surface area contributed by atoms with Crippen molar-refractivity contribution in [2.45, 2.75) is 37.8 Å². The number of amides is 3. The van der Waals surface area contributed by atoms with Crippen LogP contribution in [0.4, 0.5) is 16.2 Å². The molecule has 0 unspecified atom stereocenters. The fraction of sp³-hybridized carbons (Fsp3) is 0.171. The molecular formula is C35H29Cl2N5O6. The van der Waals surface area contributed by atoms with E-state index in [2.05, 4.69) is 25.9 Å². The predicted molar refractivity (Wildman–Crippen MR) is 183 cm³/mol. The zero-order valence-electron chi connectivity index (χ0n) is 25.3. The van der Waals surface area contributed by atoms with Gasteiger partial charge in [0, 0.05) is 24.0 Å². The first-order valence-electron chi connectivity index (χ1n) is 15.1. The number of carbonyl (C=O) groups is 3. The maximum absolute atomic E-state index is 12.7. The van der Waals surface area contributed by atoms with E-state index in [0.717, 1.165) is 42.2 Å². The number of para-hydroxylation sites is 1. The first-order chi connectivity index (χ1) is 23.2. The molecule has 1 aliphatic carbocycles. The number of aromatic carboxylic acids is 1. The third kappa shape index (κ3) is 8.30. The highest BCUT2D eigenvalue weighted by molar-refractivity contribution is 6.33. The van der Waals surface area contributed by atoms with Gasteiger partial charge >= 0.3 is 12.0 Å². The summed E-state index contributed by atoms with van der Waals surface area (Å²) in [6, 6.07) is 23.6. The monoisotopic (exact) mass is 685 g/mol. The number of hydrogen-bond acceptors (Lipinski definition) is 7. The summed E-state index contributed by atoms with van der Waals surface area (Å²) in [6.07, 6.45) is 4.56. The minimum atomic E-state index is -1.14. The van der Waals surface area contributed by atoms with Crippen LogP contribution in [0, 0.1) is 0 Å². The quantitative estimate of drug-likeness (QED) is 0.113.